The van der Waals surface area contributed by atoms with Crippen molar-refractivity contribution in [2.45, 2.75) is 94.9 Å². The van der Waals surface area contributed by atoms with Crippen LogP contribution in [0.15, 0.2) is 89.2 Å². The van der Waals surface area contributed by atoms with E-state index in [1.54, 1.807) is 18.2 Å². The molecule has 2 aromatic rings. The summed E-state index contributed by atoms with van der Waals surface area (Å²) in [6, 6.07) is 18.6. The maximum absolute atomic E-state index is 14.5. The summed E-state index contributed by atoms with van der Waals surface area (Å²) in [7, 11) is 0. The van der Waals surface area contributed by atoms with Gasteiger partial charge >= 0.3 is 12.1 Å². The van der Waals surface area contributed by atoms with Gasteiger partial charge in [-0.05, 0) is 54.9 Å². The number of ether oxygens (including phenoxy) is 2. The average molecular weight is 704 g/mol. The highest BCUT2D eigenvalue weighted by Crippen LogP contribution is 2.68. The number of nitrogens with zero attached hydrogens (tertiary/aromatic N) is 1. The molecule has 0 aromatic heterocycles. The van der Waals surface area contributed by atoms with Crippen molar-refractivity contribution in [2.75, 3.05) is 19.6 Å². The van der Waals surface area contributed by atoms with E-state index in [9.17, 15) is 27.9 Å². The zero-order valence-corrected chi connectivity index (χ0v) is 29.0. The SMILES string of the molecule is CC(=O)OC1(NC(=O)C(=Cc2ccccc2)C(F)(F)F)C=C(O)C2=C3C1O[C@H]1CCC[C@H]4[C@@H](C2)[N+](CCCc2ccccc2)(CC2CC2)CC[C@]314. The van der Waals surface area contributed by atoms with E-state index in [-0.39, 0.29) is 29.4 Å². The fourth-order valence-electron chi connectivity index (χ4n) is 10.6. The Kier molecular flexibility index (Phi) is 8.49. The number of piperidine rings is 1. The lowest BCUT2D eigenvalue weighted by atomic mass is 9.49. The van der Waals surface area contributed by atoms with Gasteiger partial charge in [0.15, 0.2) is 0 Å². The first-order valence-electron chi connectivity index (χ1n) is 18.5. The van der Waals surface area contributed by atoms with Crippen LogP contribution in [0.1, 0.15) is 69.4 Å². The predicted molar refractivity (Wildman–Crippen MR) is 185 cm³/mol. The average Bonchev–Trinajstić information content (AvgIpc) is 3.84. The summed E-state index contributed by atoms with van der Waals surface area (Å²) in [6.45, 7) is 4.26. The van der Waals surface area contributed by atoms with Gasteiger partial charge in [-0.25, -0.2) is 0 Å². The largest absolute Gasteiger partial charge is 0.508 e. The molecule has 3 unspecified atom stereocenters. The van der Waals surface area contributed by atoms with Gasteiger partial charge in [0.25, 0.3) is 5.91 Å². The van der Waals surface area contributed by atoms with Crippen LogP contribution < -0.4 is 5.32 Å². The third-order valence-electron chi connectivity index (χ3n) is 12.7. The molecule has 8 rings (SSSR count). The van der Waals surface area contributed by atoms with Crippen LogP contribution >= 0.6 is 0 Å². The number of benzene rings is 2. The van der Waals surface area contributed by atoms with Crippen molar-refractivity contribution in [3.05, 3.63) is 100 Å². The highest BCUT2D eigenvalue weighted by Gasteiger charge is 2.73. The summed E-state index contributed by atoms with van der Waals surface area (Å²) >= 11 is 0. The normalized spacial score (nSPS) is 34.0. The number of likely N-dealkylation sites (tertiary alicyclic amines) is 1. The molecular weight excluding hydrogens is 657 g/mol. The van der Waals surface area contributed by atoms with Crippen molar-refractivity contribution in [2.24, 2.45) is 17.3 Å². The van der Waals surface area contributed by atoms with E-state index in [1.807, 2.05) is 6.07 Å². The number of esters is 1. The van der Waals surface area contributed by atoms with E-state index in [0.29, 0.717) is 12.3 Å². The monoisotopic (exact) mass is 703 g/mol. The number of aliphatic hydroxyl groups excluding tert-OH is 1. The standard InChI is InChI=1S/C41H45F3N2O5/c1-26(47)51-40(45-38(49)32(41(42,43)44)22-28-12-6-3-7-13-28)24-34(48)30-23-33-31-15-8-16-35-39(31,36(30)37(40)50-35)19-21-46(33,25-29-17-18-29)20-9-14-27-10-4-2-5-11-27/h2-7,10-13,22,24,29,31,33,35,37H,8-9,14-21,23,25H2,1H3,(H-,45,48,49)/p+1/t31-,33+,35-,37?,39+,40?,46?/m0/s1. The number of carbonyl (C=O) groups is 2. The lowest BCUT2D eigenvalue weighted by molar-refractivity contribution is -0.964. The van der Waals surface area contributed by atoms with Crippen LogP contribution in [-0.2, 0) is 25.5 Å². The fraction of sp³-hybridized carbons (Fsp3) is 0.512. The molecule has 270 valence electrons. The quantitative estimate of drug-likeness (QED) is 0.117. The Morgan fingerprint density at radius 1 is 1.06 bits per heavy atom. The molecule has 4 fully saturated rings. The van der Waals surface area contributed by atoms with Crippen molar-refractivity contribution in [3.63, 3.8) is 0 Å². The number of hydrogen-bond donors (Lipinski definition) is 2. The zero-order chi connectivity index (χ0) is 35.6. The van der Waals surface area contributed by atoms with Crippen LogP contribution in [0.2, 0.25) is 0 Å². The second-order valence-electron chi connectivity index (χ2n) is 15.7. The first-order chi connectivity index (χ1) is 24.4. The van der Waals surface area contributed by atoms with Gasteiger partial charge in [0.05, 0.1) is 31.8 Å². The molecule has 2 saturated carbocycles. The maximum Gasteiger partial charge on any atom is 0.421 e. The topological polar surface area (TPSA) is 84.9 Å². The predicted octanol–water partition coefficient (Wildman–Crippen LogP) is 7.35. The van der Waals surface area contributed by atoms with Crippen LogP contribution in [-0.4, -0.2) is 71.3 Å². The zero-order valence-electron chi connectivity index (χ0n) is 29.0. The van der Waals surface area contributed by atoms with Crippen molar-refractivity contribution >= 4 is 18.0 Å². The van der Waals surface area contributed by atoms with Gasteiger partial charge in [0.2, 0.25) is 5.72 Å². The van der Waals surface area contributed by atoms with E-state index in [2.05, 4.69) is 29.6 Å². The van der Waals surface area contributed by atoms with Gasteiger partial charge in [-0.3, -0.25) is 9.59 Å². The van der Waals surface area contributed by atoms with E-state index in [1.165, 1.54) is 36.6 Å². The van der Waals surface area contributed by atoms with Crippen molar-refractivity contribution < 1.29 is 41.8 Å². The summed E-state index contributed by atoms with van der Waals surface area (Å²) < 4.78 is 57.1. The van der Waals surface area contributed by atoms with Gasteiger partial charge in [0, 0.05) is 55.1 Å². The number of aryl methyl sites for hydroxylation is 1. The summed E-state index contributed by atoms with van der Waals surface area (Å²) in [6.07, 6.45) is 4.33. The van der Waals surface area contributed by atoms with Crippen LogP contribution in [0.5, 0.6) is 0 Å². The van der Waals surface area contributed by atoms with Crippen LogP contribution in [0.3, 0.4) is 0 Å². The molecular formula is C41H46F3N2O5+. The minimum absolute atomic E-state index is 0.156. The lowest BCUT2D eigenvalue weighted by Gasteiger charge is -2.63. The number of rotatable bonds is 10. The number of aliphatic hydroxyl groups is 1. The second kappa shape index (κ2) is 12.7. The number of hydrogen-bond acceptors (Lipinski definition) is 5. The van der Waals surface area contributed by atoms with E-state index in [4.69, 9.17) is 9.47 Å². The van der Waals surface area contributed by atoms with E-state index in [0.717, 1.165) is 86.8 Å². The molecule has 2 aliphatic heterocycles. The van der Waals surface area contributed by atoms with Gasteiger partial charge < -0.3 is 24.4 Å². The Morgan fingerprint density at radius 2 is 1.78 bits per heavy atom. The molecule has 10 heteroatoms. The molecule has 1 spiro atoms. The van der Waals surface area contributed by atoms with Gasteiger partial charge in [-0.1, -0.05) is 67.1 Å². The third kappa shape index (κ3) is 5.92. The molecule has 7 atom stereocenters. The Hall–Kier alpha value is -3.89. The molecule has 2 aromatic carbocycles. The second-order valence-corrected chi connectivity index (χ2v) is 15.7. The summed E-state index contributed by atoms with van der Waals surface area (Å²) in [5.74, 6) is -1.50. The number of quaternary nitrogens is 1. The summed E-state index contributed by atoms with van der Waals surface area (Å²) in [5.41, 5.74) is -0.990. The molecule has 0 radical (unpaired) electrons. The Balaban J connectivity index is 1.17. The molecule has 7 nitrogen and oxygen atoms in total. The highest BCUT2D eigenvalue weighted by atomic mass is 19.4. The number of carbonyl (C=O) groups excluding carboxylic acids is 2. The van der Waals surface area contributed by atoms with Gasteiger partial charge in [-0.2, -0.15) is 13.2 Å². The Morgan fingerprint density at radius 3 is 2.47 bits per heavy atom. The molecule has 6 aliphatic rings. The van der Waals surface area contributed by atoms with E-state index < -0.39 is 40.9 Å². The molecule has 2 N–H and O–H groups in total. The minimum atomic E-state index is -5.01. The van der Waals surface area contributed by atoms with Crippen LogP contribution in [0.4, 0.5) is 13.2 Å². The first kappa shape index (κ1) is 34.2. The molecule has 2 bridgehead atoms. The van der Waals surface area contributed by atoms with E-state index >= 15 is 0 Å². The van der Waals surface area contributed by atoms with Gasteiger partial charge in [0.1, 0.15) is 17.4 Å². The van der Waals surface area contributed by atoms with Crippen molar-refractivity contribution in [1.82, 2.24) is 5.32 Å². The van der Waals surface area contributed by atoms with Gasteiger partial charge in [-0.15, -0.1) is 0 Å². The van der Waals surface area contributed by atoms with Crippen molar-refractivity contribution in [1.29, 1.82) is 0 Å². The molecule has 1 amide bonds. The first-order valence-corrected chi connectivity index (χ1v) is 18.5. The lowest BCUT2D eigenvalue weighted by Crippen LogP contribution is -2.71. The molecule has 2 saturated heterocycles. The summed E-state index contributed by atoms with van der Waals surface area (Å²) in [5, 5.41) is 14.4. The van der Waals surface area contributed by atoms with Crippen LogP contribution in [0.25, 0.3) is 6.08 Å². The third-order valence-corrected chi connectivity index (χ3v) is 12.7. The molecule has 2 heterocycles. The minimum Gasteiger partial charge on any atom is -0.508 e. The number of alkyl halides is 3. The Bertz CT molecular complexity index is 1790. The Labute approximate surface area is 296 Å². The van der Waals surface area contributed by atoms with Crippen LogP contribution in [0, 0.1) is 17.3 Å². The summed E-state index contributed by atoms with van der Waals surface area (Å²) in [4.78, 5) is 26.5. The number of nitrogens with one attached hydrogen (secondary N) is 1. The fourth-order valence-corrected chi connectivity index (χ4v) is 10.6. The molecule has 51 heavy (non-hydrogen) atoms. The maximum atomic E-state index is 14.5. The number of allylic oxidation sites excluding steroid dienone is 1. The smallest absolute Gasteiger partial charge is 0.421 e. The molecule has 4 aliphatic carbocycles. The van der Waals surface area contributed by atoms with Crippen molar-refractivity contribution in [3.8, 4) is 0 Å². The number of amides is 1. The highest BCUT2D eigenvalue weighted by molar-refractivity contribution is 6.00. The number of halogens is 3.